The number of amides is 4. The smallest absolute Gasteiger partial charge is 0.168 e. The van der Waals surface area contributed by atoms with E-state index in [1.807, 2.05) is 217 Å². The number of ether oxygens (including phenoxy) is 7. The monoisotopic (exact) mass is 2730 g/mol. The molecule has 0 aliphatic rings. The summed E-state index contributed by atoms with van der Waals surface area (Å²) in [4.78, 5) is 97.5. The van der Waals surface area contributed by atoms with Crippen molar-refractivity contribution in [2.24, 2.45) is 22.9 Å². The molecule has 143 heavy (non-hydrogen) atoms. The number of benzene rings is 4. The molecule has 0 aliphatic heterocycles. The molecule has 16 N–H and O–H groups in total. The van der Waals surface area contributed by atoms with E-state index in [4.69, 9.17) is 72.4 Å². The van der Waals surface area contributed by atoms with Crippen molar-refractivity contribution in [2.45, 2.75) is 196 Å². The molecule has 7 rings (SSSR count). The molecule has 4 aromatic carbocycles. The molecule has 0 spiro atoms. The van der Waals surface area contributed by atoms with Crippen LogP contribution in [0.4, 0.5) is 28.8 Å². The van der Waals surface area contributed by atoms with Crippen LogP contribution in [0.2, 0.25) is 0 Å². The molecule has 0 atom stereocenters. The quantitative estimate of drug-likeness (QED) is 0.00325. The van der Waals surface area contributed by atoms with Gasteiger partial charge in [-0.25, -0.2) is 28.8 Å². The van der Waals surface area contributed by atoms with Gasteiger partial charge in [-0.2, -0.15) is 21.0 Å². The summed E-state index contributed by atoms with van der Waals surface area (Å²) in [6.45, 7) is 49.3. The predicted molar refractivity (Wildman–Crippen MR) is 609 cm³/mol. The fraction of sp³-hybridized carbons (Fsp3) is 0.500. The van der Waals surface area contributed by atoms with Gasteiger partial charge in [-0.15, -0.1) is 24.0 Å². The Morgan fingerprint density at radius 3 is 0.867 bits per heavy atom. The molecule has 796 valence electrons. The summed E-state index contributed by atoms with van der Waals surface area (Å²) in [6.07, 6.45) is 2.04. The molecule has 0 saturated heterocycles. The van der Waals surface area contributed by atoms with Gasteiger partial charge < -0.3 is 98.6 Å². The van der Waals surface area contributed by atoms with Crippen molar-refractivity contribution in [1.82, 2.24) is 72.2 Å². The number of aldehydes is 1. The van der Waals surface area contributed by atoms with Gasteiger partial charge in [0.1, 0.15) is 39.3 Å². The van der Waals surface area contributed by atoms with E-state index in [1.165, 1.54) is 16.7 Å². The van der Waals surface area contributed by atoms with Crippen LogP contribution in [0.15, 0.2) is 170 Å². The summed E-state index contributed by atoms with van der Waals surface area (Å²) in [6, 6.07) is 55.9. The van der Waals surface area contributed by atoms with Gasteiger partial charge in [-0.3, -0.25) is 34.4 Å². The van der Waals surface area contributed by atoms with E-state index in [0.717, 1.165) is 107 Å². The van der Waals surface area contributed by atoms with E-state index >= 15 is 0 Å². The first-order valence-corrected chi connectivity index (χ1v) is 65.6. The first-order chi connectivity index (χ1) is 67.1. The van der Waals surface area contributed by atoms with Crippen LogP contribution in [0.5, 0.6) is 0 Å². The number of halogens is 7. The van der Waals surface area contributed by atoms with Gasteiger partial charge in [0.05, 0.1) is 57.9 Å². The number of carbonyl (C=O) groups is 7. The second-order valence-corrected chi connectivity index (χ2v) is 52.8. The summed E-state index contributed by atoms with van der Waals surface area (Å²) in [7, 11) is 0. The van der Waals surface area contributed by atoms with Crippen LogP contribution in [0.3, 0.4) is 0 Å². The van der Waals surface area contributed by atoms with Gasteiger partial charge in [0, 0.05) is 225 Å². The molecule has 0 radical (unpaired) electrons. The number of nitriles is 4. The minimum absolute atomic E-state index is 0. The maximum absolute atomic E-state index is 11.8. The Morgan fingerprint density at radius 2 is 0.629 bits per heavy atom. The largest absolute Gasteiger partial charge is 0.329 e. The molecule has 43 heteroatoms. The first-order valence-electron chi connectivity index (χ1n) is 45.6. The Balaban J connectivity index is -0.000000798. The van der Waals surface area contributed by atoms with Crippen molar-refractivity contribution in [2.75, 3.05) is 131 Å². The number of alkyl carbamates (subject to hydrolysis) is 4. The van der Waals surface area contributed by atoms with Crippen LogP contribution in [-0.4, -0.2) is 237 Å². The van der Waals surface area contributed by atoms with Crippen LogP contribution < -0.4 is 78.7 Å². The number of aromatic nitrogens is 3. The van der Waals surface area contributed by atoms with E-state index in [0.29, 0.717) is 126 Å². The maximum atomic E-state index is 11.8. The Kier molecular flexibility index (Phi) is 85.3. The van der Waals surface area contributed by atoms with Crippen LogP contribution in [0.25, 0.3) is 0 Å². The Hall–Kier alpha value is -7.80. The van der Waals surface area contributed by atoms with Crippen LogP contribution >= 0.6 is 114 Å². The van der Waals surface area contributed by atoms with Gasteiger partial charge in [0.25, 0.3) is 0 Å². The standard InChI is InChI=1S/C24H28N6.C22H34N4O4.C14H29N3O4.C12H18N4.C10H18O5.C8H6BrN.C6H5NO.C4H13N3.I3.I2.HI/c25-17-21-7-9-22(10-8-21)20-30(15-13-26-18-23-5-1-3-11-28-23)16-14-27-19-24-6-2-4-12-29-24;1-21(2,3)29-19(27)24-11-13-26(14-12-25-20(28)30-22(4,5)6)16-18-9-7-17(15-23)8-10-18;1-13(2,3)20-11(18)16-9-7-15-8-10-17-12(19)21-14(4,5)6;13-5-7-16(8-6-14)10-12-3-1-11(9-15)2-4-12;1-9(2,3)14-7(11)13-8(12)15-10(4,5)6;9-5-7-1-3-8(6-10)4-2-7;8-5-6-3-1-2-4-7-6;5-1-3-7-4-2-6;1-3-2;1-2;/h1-12,26-27H,13-16,18-20H2;7-10H,11-14,16H2,1-6H3,(H,24,27)(H,25,28);15H,7-10H2,1-6H3,(H,16,18)(H,17,19);1-4H,5-8,10,13-14H2;1-6H3;1-4H,5H2;1-5H;7H,1-6H2;;;1H/q;;;;;;;;-1;;. The predicted octanol–water partition coefficient (Wildman–Crippen LogP) is 13.9. The zero-order chi connectivity index (χ0) is 108. The SMILES string of the molecule is CC(C)(C)OC(=O)NCCN(CCNC(=O)OC(C)(C)C)Cc1ccc(C#N)cc1.CC(C)(C)OC(=O)NCCNCCNC(=O)OC(C)(C)C.CC(C)(C)OC(=O)OC(=O)OC(C)(C)C.I.II.I[I-]I.N#Cc1ccc(CBr)cc1.N#Cc1ccc(CN(CCN)CCN)cc1.N#Cc1ccc(CN(CCNCc2ccccn2)CCNCc2ccccn2)cc1.NCCNCCN.O=Cc1ccccn1. The number of hydrogen-bond donors (Lipinski definition) is 12. The first kappa shape index (κ1) is 141. The van der Waals surface area contributed by atoms with Crippen molar-refractivity contribution in [3.8, 4) is 24.3 Å². The number of carbonyl (C=O) groups excluding carboxylic acids is 7. The molecule has 3 heterocycles. The summed E-state index contributed by atoms with van der Waals surface area (Å²) in [5.41, 5.74) is 27.8. The fourth-order valence-corrected chi connectivity index (χ4v) is 10.9. The molecule has 4 amide bonds. The number of nitrogens with two attached hydrogens (primary N) is 4. The topological polar surface area (TPSA) is 528 Å². The van der Waals surface area contributed by atoms with Crippen molar-refractivity contribution >= 4 is 157 Å². The number of rotatable bonds is 38. The van der Waals surface area contributed by atoms with Crippen molar-refractivity contribution < 1.29 is 80.0 Å². The zero-order valence-electron chi connectivity index (χ0n) is 85.8. The number of pyridine rings is 3. The minimum Gasteiger partial charge on any atom is -0.329 e. The zero-order valence-corrected chi connectivity index (χ0v) is 101. The summed E-state index contributed by atoms with van der Waals surface area (Å²) < 4.78 is 34.5. The number of nitrogens with zero attached hydrogens (tertiary/aromatic N) is 10. The van der Waals surface area contributed by atoms with E-state index in [-0.39, 0.29) is 24.0 Å². The molecule has 3 aromatic heterocycles. The molecule has 0 saturated carbocycles. The Labute approximate surface area is 927 Å². The summed E-state index contributed by atoms with van der Waals surface area (Å²) >= 11 is 12.9. The molecule has 0 fully saturated rings. The third-order valence-corrected chi connectivity index (χ3v) is 17.0. The third kappa shape index (κ3) is 91.4. The van der Waals surface area contributed by atoms with Gasteiger partial charge in [-0.05, 0) is 232 Å². The van der Waals surface area contributed by atoms with Crippen molar-refractivity contribution in [3.05, 3.63) is 232 Å². The fourth-order valence-electron chi connectivity index (χ4n) is 10.5. The van der Waals surface area contributed by atoms with Crippen LogP contribution in [-0.2, 0) is 71.2 Å². The van der Waals surface area contributed by atoms with E-state index in [9.17, 15) is 33.6 Å². The summed E-state index contributed by atoms with van der Waals surface area (Å²) in [5.74, 6) is 0. The molecular formula is C100H152BrI6N22O14-. The average Bonchev–Trinajstić information content (AvgIpc) is 0.905. The Bertz CT molecular complexity index is 4510. The number of hydrogen-bond acceptors (Lipinski definition) is 32. The molecule has 36 nitrogen and oxygen atoms in total. The Morgan fingerprint density at radius 1 is 0.364 bits per heavy atom. The van der Waals surface area contributed by atoms with Crippen molar-refractivity contribution in [1.29, 1.82) is 21.0 Å². The van der Waals surface area contributed by atoms with Crippen LogP contribution in [0, 0.1) is 45.3 Å². The maximum Gasteiger partial charge on any atom is 0.168 e. The second kappa shape index (κ2) is 86.2. The molecule has 0 bridgehead atoms. The molecule has 7 aromatic rings. The molecule has 0 unspecified atom stereocenters. The average molecular weight is 2730 g/mol. The number of nitrogens with one attached hydrogen (secondary N) is 8. The molecular weight excluding hydrogens is 2570 g/mol. The third-order valence-electron chi connectivity index (χ3n) is 16.4. The number of alkyl halides is 1. The van der Waals surface area contributed by atoms with Gasteiger partial charge in [0.2, 0.25) is 0 Å². The van der Waals surface area contributed by atoms with E-state index in [1.54, 1.807) is 78.1 Å². The minimum atomic E-state index is -1.06. The van der Waals surface area contributed by atoms with Gasteiger partial charge >= 0.3 is 87.2 Å². The molecule has 0 aliphatic carbocycles. The van der Waals surface area contributed by atoms with E-state index < -0.39 is 70.3 Å². The van der Waals surface area contributed by atoms with Gasteiger partial charge in [-0.1, -0.05) is 82.7 Å². The van der Waals surface area contributed by atoms with Gasteiger partial charge in [0.15, 0.2) is 6.29 Å². The summed E-state index contributed by atoms with van der Waals surface area (Å²) in [5, 5.41) is 59.7. The van der Waals surface area contributed by atoms with E-state index in [2.05, 4.69) is 192 Å². The second-order valence-electron chi connectivity index (χ2n) is 36.0. The van der Waals surface area contributed by atoms with Crippen LogP contribution in [0.1, 0.15) is 191 Å². The van der Waals surface area contributed by atoms with Crippen molar-refractivity contribution in [3.63, 3.8) is 0 Å². The normalized spacial score (nSPS) is 10.6.